The molecule has 0 amide bonds. The van der Waals surface area contributed by atoms with Crippen molar-refractivity contribution in [1.82, 2.24) is 4.31 Å². The van der Waals surface area contributed by atoms with Crippen molar-refractivity contribution >= 4 is 15.8 Å². The Bertz CT molecular complexity index is 786. The maximum absolute atomic E-state index is 13.4. The van der Waals surface area contributed by atoms with Gasteiger partial charge in [0.25, 0.3) is 0 Å². The molecule has 1 aromatic rings. The molecule has 0 aromatic heterocycles. The normalized spacial score (nSPS) is 23.1. The Morgan fingerprint density at radius 3 is 2.45 bits per heavy atom. The van der Waals surface area contributed by atoms with Crippen molar-refractivity contribution in [3.8, 4) is 0 Å². The van der Waals surface area contributed by atoms with Crippen LogP contribution in [0.15, 0.2) is 41.3 Å². The number of ether oxygens (including phenoxy) is 1. The number of allylic oxidation sites excluding steroid dienone is 2. The molecule has 29 heavy (non-hydrogen) atoms. The van der Waals surface area contributed by atoms with Gasteiger partial charge in [-0.25, -0.2) is 8.42 Å². The number of carbonyl (C=O) groups excluding carboxylic acids is 1. The highest BCUT2D eigenvalue weighted by Gasteiger charge is 2.50. The molecule has 1 aromatic carbocycles. The number of sulfonamides is 1. The molecule has 1 heterocycles. The summed E-state index contributed by atoms with van der Waals surface area (Å²) >= 11 is 0. The second kappa shape index (κ2) is 11.0. The molecule has 3 atom stereocenters. The fraction of sp³-hybridized carbons (Fsp3) is 0.609. The largest absolute Gasteiger partial charge is 0.362 e. The fourth-order valence-corrected chi connectivity index (χ4v) is 5.89. The topological polar surface area (TPSA) is 63.7 Å². The first kappa shape index (κ1) is 23.8. The van der Waals surface area contributed by atoms with Crippen LogP contribution in [-0.2, 0) is 19.6 Å². The maximum Gasteiger partial charge on any atom is 0.245 e. The third kappa shape index (κ3) is 6.00. The van der Waals surface area contributed by atoms with Gasteiger partial charge in [-0.15, -0.1) is 0 Å². The lowest BCUT2D eigenvalue weighted by Crippen LogP contribution is -2.46. The van der Waals surface area contributed by atoms with Crippen LogP contribution < -0.4 is 0 Å². The molecule has 1 fully saturated rings. The summed E-state index contributed by atoms with van der Waals surface area (Å²) in [7, 11) is -3.82. The van der Waals surface area contributed by atoms with Gasteiger partial charge in [0.15, 0.2) is 0 Å². The summed E-state index contributed by atoms with van der Waals surface area (Å²) in [5, 5.41) is 0. The molecule has 0 radical (unpaired) electrons. The molecule has 0 N–H and O–H groups in total. The summed E-state index contributed by atoms with van der Waals surface area (Å²) in [6, 6.07) is 6.12. The Labute approximate surface area is 176 Å². The summed E-state index contributed by atoms with van der Waals surface area (Å²) in [5.41, 5.74) is 0.991. The predicted octanol–water partition coefficient (Wildman–Crippen LogP) is 4.85. The molecular formula is C23H35NO4S. The van der Waals surface area contributed by atoms with Crippen LogP contribution in [0.25, 0.3) is 0 Å². The van der Waals surface area contributed by atoms with Crippen LogP contribution in [0.2, 0.25) is 0 Å². The second-order valence-corrected chi connectivity index (χ2v) is 9.62. The van der Waals surface area contributed by atoms with Crippen molar-refractivity contribution in [2.24, 2.45) is 5.92 Å². The van der Waals surface area contributed by atoms with E-state index in [-0.39, 0.29) is 16.6 Å². The van der Waals surface area contributed by atoms with Crippen molar-refractivity contribution in [2.45, 2.75) is 83.4 Å². The van der Waals surface area contributed by atoms with Gasteiger partial charge in [0.2, 0.25) is 10.0 Å². The highest BCUT2D eigenvalue weighted by molar-refractivity contribution is 7.89. The average molecular weight is 422 g/mol. The summed E-state index contributed by atoms with van der Waals surface area (Å²) < 4.78 is 34.0. The Balaban J connectivity index is 2.24. The Morgan fingerprint density at radius 2 is 1.86 bits per heavy atom. The monoisotopic (exact) mass is 421 g/mol. The summed E-state index contributed by atoms with van der Waals surface area (Å²) in [6.45, 7) is 7.78. The number of rotatable bonds is 11. The Morgan fingerprint density at radius 1 is 1.17 bits per heavy atom. The van der Waals surface area contributed by atoms with E-state index in [9.17, 15) is 13.2 Å². The average Bonchev–Trinajstić information content (AvgIpc) is 3.04. The van der Waals surface area contributed by atoms with E-state index in [1.54, 1.807) is 24.3 Å². The minimum Gasteiger partial charge on any atom is -0.362 e. The zero-order chi connectivity index (χ0) is 21.4. The molecule has 0 spiro atoms. The quantitative estimate of drug-likeness (QED) is 0.378. The molecule has 5 nitrogen and oxygen atoms in total. The van der Waals surface area contributed by atoms with Crippen LogP contribution in [0.3, 0.4) is 0 Å². The van der Waals surface area contributed by atoms with Gasteiger partial charge in [-0.3, -0.25) is 4.79 Å². The van der Waals surface area contributed by atoms with Crippen molar-refractivity contribution in [2.75, 3.05) is 6.61 Å². The lowest BCUT2D eigenvalue weighted by atomic mass is 9.92. The van der Waals surface area contributed by atoms with Gasteiger partial charge >= 0.3 is 0 Å². The molecule has 162 valence electrons. The first-order chi connectivity index (χ1) is 13.8. The van der Waals surface area contributed by atoms with Crippen molar-refractivity contribution < 1.29 is 17.9 Å². The van der Waals surface area contributed by atoms with Crippen LogP contribution in [0, 0.1) is 12.8 Å². The summed E-state index contributed by atoms with van der Waals surface area (Å²) in [4.78, 5) is 12.8. The first-order valence-electron chi connectivity index (χ1n) is 10.7. The maximum atomic E-state index is 13.4. The molecule has 0 bridgehead atoms. The van der Waals surface area contributed by atoms with Crippen molar-refractivity contribution in [1.29, 1.82) is 0 Å². The highest BCUT2D eigenvalue weighted by Crippen LogP contribution is 2.38. The molecular weight excluding hydrogens is 386 g/mol. The summed E-state index contributed by atoms with van der Waals surface area (Å²) in [5.74, 6) is -0.127. The molecule has 0 saturated carbocycles. The van der Waals surface area contributed by atoms with Crippen molar-refractivity contribution in [3.05, 3.63) is 42.0 Å². The van der Waals surface area contributed by atoms with Gasteiger partial charge in [0.05, 0.1) is 10.9 Å². The van der Waals surface area contributed by atoms with Crippen LogP contribution >= 0.6 is 0 Å². The van der Waals surface area contributed by atoms with Gasteiger partial charge in [-0.1, -0.05) is 43.2 Å². The van der Waals surface area contributed by atoms with Gasteiger partial charge < -0.3 is 4.74 Å². The SMILES string of the molecule is CC/C=C\CCCC[C@H]1CC(OCC)N(S(=O)(=O)c2ccc(C)cc2)[C@H]1C(C)=O. The van der Waals surface area contributed by atoms with E-state index in [4.69, 9.17) is 4.74 Å². The third-order valence-electron chi connectivity index (χ3n) is 5.48. The van der Waals surface area contributed by atoms with E-state index in [1.807, 2.05) is 13.8 Å². The number of aryl methyl sites for hydroxylation is 1. The number of benzene rings is 1. The third-order valence-corrected chi connectivity index (χ3v) is 7.36. The van der Waals surface area contributed by atoms with Gasteiger partial charge in [0.1, 0.15) is 12.0 Å². The minimum atomic E-state index is -3.82. The second-order valence-electron chi connectivity index (χ2n) is 7.77. The van der Waals surface area contributed by atoms with Crippen LogP contribution in [0.1, 0.15) is 64.9 Å². The summed E-state index contributed by atoms with van der Waals surface area (Å²) in [6.07, 6.45) is 9.22. The Hall–Kier alpha value is -1.50. The molecule has 0 aliphatic carbocycles. The lowest BCUT2D eigenvalue weighted by Gasteiger charge is -2.29. The number of ketones is 1. The van der Waals surface area contributed by atoms with Gasteiger partial charge in [0, 0.05) is 6.61 Å². The zero-order valence-corrected chi connectivity index (χ0v) is 19.0. The van der Waals surface area contributed by atoms with E-state index in [0.29, 0.717) is 13.0 Å². The lowest BCUT2D eigenvalue weighted by molar-refractivity contribution is -0.122. The number of nitrogens with zero attached hydrogens (tertiary/aromatic N) is 1. The number of hydrogen-bond donors (Lipinski definition) is 0. The van der Waals surface area contributed by atoms with E-state index >= 15 is 0 Å². The number of Topliss-reactive ketones (excluding diaryl/α,β-unsaturated/α-hetero) is 1. The van der Waals surface area contributed by atoms with E-state index in [0.717, 1.165) is 37.7 Å². The molecule has 1 unspecified atom stereocenters. The molecule has 6 heteroatoms. The molecule has 1 saturated heterocycles. The van der Waals surface area contributed by atoms with E-state index in [1.165, 1.54) is 11.2 Å². The zero-order valence-electron chi connectivity index (χ0n) is 18.1. The number of unbranched alkanes of at least 4 members (excludes halogenated alkanes) is 2. The molecule has 2 rings (SSSR count). The Kier molecular flexibility index (Phi) is 9.05. The molecule has 1 aliphatic rings. The minimum absolute atomic E-state index is 0.0144. The van der Waals surface area contributed by atoms with Crippen LogP contribution in [0.4, 0.5) is 0 Å². The van der Waals surface area contributed by atoms with Crippen LogP contribution in [0.5, 0.6) is 0 Å². The predicted molar refractivity (Wildman–Crippen MR) is 116 cm³/mol. The smallest absolute Gasteiger partial charge is 0.245 e. The van der Waals surface area contributed by atoms with Crippen LogP contribution in [-0.4, -0.2) is 37.4 Å². The first-order valence-corrected chi connectivity index (χ1v) is 12.1. The molecule has 1 aliphatic heterocycles. The van der Waals surface area contributed by atoms with Gasteiger partial charge in [-0.05, 0) is 70.9 Å². The fourth-order valence-electron chi connectivity index (χ4n) is 4.09. The van der Waals surface area contributed by atoms with Crippen molar-refractivity contribution in [3.63, 3.8) is 0 Å². The highest BCUT2D eigenvalue weighted by atomic mass is 32.2. The standard InChI is InChI=1S/C23H35NO4S/c1-5-7-8-9-10-11-12-20-17-22(28-6-2)24(23(20)19(4)25)29(26,27)21-15-13-18(3)14-16-21/h7-8,13-16,20,22-23H,5-6,9-12,17H2,1-4H3/b8-7-/t20-,22?,23-/m0/s1. The number of carbonyl (C=O) groups is 1. The van der Waals surface area contributed by atoms with E-state index < -0.39 is 22.3 Å². The number of hydrogen-bond acceptors (Lipinski definition) is 4. The van der Waals surface area contributed by atoms with E-state index in [2.05, 4.69) is 19.1 Å². The van der Waals surface area contributed by atoms with Gasteiger partial charge in [-0.2, -0.15) is 4.31 Å².